The fraction of sp³-hybridized carbons (Fsp3) is 0.143. The summed E-state index contributed by atoms with van der Waals surface area (Å²) in [7, 11) is 1.54. The molecule has 2 rings (SSSR count). The van der Waals surface area contributed by atoms with Crippen LogP contribution in [-0.4, -0.2) is 7.11 Å². The molecule has 0 aliphatic carbocycles. The lowest BCUT2D eigenvalue weighted by Gasteiger charge is -2.13. The minimum absolute atomic E-state index is 0.320. The Labute approximate surface area is 128 Å². The second-order valence-electron chi connectivity index (χ2n) is 4.07. The first-order valence-corrected chi connectivity index (χ1v) is 6.89. The number of ether oxygens (including phenoxy) is 1. The Morgan fingerprint density at radius 2 is 1.95 bits per heavy atom. The van der Waals surface area contributed by atoms with E-state index < -0.39 is 11.6 Å². The summed E-state index contributed by atoms with van der Waals surface area (Å²) in [5.41, 5.74) is 1.28. The summed E-state index contributed by atoms with van der Waals surface area (Å²) < 4.78 is 31.9. The van der Waals surface area contributed by atoms with Gasteiger partial charge in [0.1, 0.15) is 0 Å². The highest BCUT2D eigenvalue weighted by Gasteiger charge is 2.10. The lowest BCUT2D eigenvalue weighted by molar-refractivity contribution is 0.414. The van der Waals surface area contributed by atoms with Crippen LogP contribution in [0.4, 0.5) is 14.5 Å². The molecule has 20 heavy (non-hydrogen) atoms. The molecule has 0 fully saturated rings. The Kier molecular flexibility index (Phi) is 4.83. The lowest BCUT2D eigenvalue weighted by Crippen LogP contribution is -2.02. The molecule has 0 unspecified atom stereocenters. The molecule has 0 aromatic heterocycles. The Bertz CT molecular complexity index is 637. The van der Waals surface area contributed by atoms with Gasteiger partial charge in [0.15, 0.2) is 17.4 Å². The average molecular weight is 363 g/mol. The summed E-state index contributed by atoms with van der Waals surface area (Å²) in [6.45, 7) is 0.320. The normalized spacial score (nSPS) is 10.4. The molecule has 0 aliphatic rings. The van der Waals surface area contributed by atoms with Crippen molar-refractivity contribution in [1.82, 2.24) is 0 Å². The van der Waals surface area contributed by atoms with E-state index >= 15 is 0 Å². The van der Waals surface area contributed by atoms with Gasteiger partial charge in [-0.15, -0.1) is 0 Å². The maximum Gasteiger partial charge on any atom is 0.159 e. The molecule has 1 N–H and O–H groups in total. The van der Waals surface area contributed by atoms with Gasteiger partial charge in [-0.3, -0.25) is 0 Å². The van der Waals surface area contributed by atoms with Crippen LogP contribution < -0.4 is 10.1 Å². The zero-order valence-corrected chi connectivity index (χ0v) is 12.9. The summed E-state index contributed by atoms with van der Waals surface area (Å²) in [5.74, 6) is -1.14. The van der Waals surface area contributed by atoms with Crippen LogP contribution >= 0.6 is 27.5 Å². The van der Waals surface area contributed by atoms with Crippen molar-refractivity contribution in [3.8, 4) is 5.75 Å². The van der Waals surface area contributed by atoms with Crippen LogP contribution in [0.1, 0.15) is 5.56 Å². The predicted octanol–water partition coefficient (Wildman–Crippen LogP) is 5.00. The van der Waals surface area contributed by atoms with E-state index in [0.29, 0.717) is 33.0 Å². The molecule has 0 amide bonds. The van der Waals surface area contributed by atoms with Crippen molar-refractivity contribution in [1.29, 1.82) is 0 Å². The summed E-state index contributed by atoms with van der Waals surface area (Å²) in [5, 5.41) is 3.61. The van der Waals surface area contributed by atoms with Crippen LogP contribution in [0.3, 0.4) is 0 Å². The van der Waals surface area contributed by atoms with E-state index in [9.17, 15) is 8.78 Å². The van der Waals surface area contributed by atoms with Crippen molar-refractivity contribution in [2.24, 2.45) is 0 Å². The van der Waals surface area contributed by atoms with E-state index in [1.54, 1.807) is 12.1 Å². The van der Waals surface area contributed by atoms with Crippen LogP contribution in [0, 0.1) is 11.6 Å². The maximum atomic E-state index is 13.1. The quantitative estimate of drug-likeness (QED) is 0.826. The number of anilines is 1. The highest BCUT2D eigenvalue weighted by atomic mass is 79.9. The third-order valence-corrected chi connectivity index (χ3v) is 3.49. The van der Waals surface area contributed by atoms with Gasteiger partial charge >= 0.3 is 0 Å². The number of hydrogen-bond acceptors (Lipinski definition) is 2. The summed E-state index contributed by atoms with van der Waals surface area (Å²) >= 11 is 9.32. The number of hydrogen-bond donors (Lipinski definition) is 1. The van der Waals surface area contributed by atoms with Crippen LogP contribution in [-0.2, 0) is 6.54 Å². The highest BCUT2D eigenvalue weighted by Crippen LogP contribution is 2.36. The zero-order chi connectivity index (χ0) is 14.7. The van der Waals surface area contributed by atoms with Gasteiger partial charge in [-0.25, -0.2) is 8.78 Å². The summed E-state index contributed by atoms with van der Waals surface area (Å²) in [6, 6.07) is 7.16. The standard InChI is InChI=1S/C14H11BrClF2NO/c1-20-14-10(15)5-9(16)6-13(14)19-7-8-2-3-11(17)12(18)4-8/h2-6,19H,7H2,1H3. The molecule has 2 aromatic rings. The topological polar surface area (TPSA) is 21.3 Å². The number of benzene rings is 2. The third-order valence-electron chi connectivity index (χ3n) is 2.68. The van der Waals surface area contributed by atoms with Crippen LogP contribution in [0.5, 0.6) is 5.75 Å². The zero-order valence-electron chi connectivity index (χ0n) is 10.5. The van der Waals surface area contributed by atoms with Crippen molar-refractivity contribution in [3.05, 3.63) is 57.0 Å². The molecule has 2 nitrogen and oxygen atoms in total. The molecule has 0 spiro atoms. The number of methoxy groups -OCH3 is 1. The number of halogens is 4. The SMILES string of the molecule is COc1c(Br)cc(Cl)cc1NCc1ccc(F)c(F)c1. The fourth-order valence-electron chi connectivity index (χ4n) is 1.75. The molecule has 0 bridgehead atoms. The average Bonchev–Trinajstić information content (AvgIpc) is 2.39. The fourth-order valence-corrected chi connectivity index (χ4v) is 2.72. The first-order valence-electron chi connectivity index (χ1n) is 5.72. The second kappa shape index (κ2) is 6.41. The second-order valence-corrected chi connectivity index (χ2v) is 5.36. The van der Waals surface area contributed by atoms with E-state index in [1.165, 1.54) is 13.2 Å². The van der Waals surface area contributed by atoms with Gasteiger partial charge in [0.2, 0.25) is 0 Å². The molecule has 0 heterocycles. The Morgan fingerprint density at radius 3 is 2.60 bits per heavy atom. The molecule has 0 saturated heterocycles. The smallest absolute Gasteiger partial charge is 0.159 e. The third kappa shape index (κ3) is 3.41. The molecular formula is C14H11BrClF2NO. The molecular weight excluding hydrogens is 352 g/mol. The van der Waals surface area contributed by atoms with Gasteiger partial charge in [0.25, 0.3) is 0 Å². The maximum absolute atomic E-state index is 13.1. The van der Waals surface area contributed by atoms with Crippen LogP contribution in [0.25, 0.3) is 0 Å². The van der Waals surface area contributed by atoms with Crippen LogP contribution in [0.2, 0.25) is 5.02 Å². The van der Waals surface area contributed by atoms with Gasteiger partial charge in [-0.2, -0.15) is 0 Å². The highest BCUT2D eigenvalue weighted by molar-refractivity contribution is 9.10. The lowest BCUT2D eigenvalue weighted by atomic mass is 10.2. The van der Waals surface area contributed by atoms with Crippen molar-refractivity contribution < 1.29 is 13.5 Å². The van der Waals surface area contributed by atoms with E-state index in [2.05, 4.69) is 21.2 Å². The van der Waals surface area contributed by atoms with Gasteiger partial charge in [-0.05, 0) is 45.8 Å². The largest absolute Gasteiger partial charge is 0.493 e. The first-order chi connectivity index (χ1) is 9.51. The van der Waals surface area contributed by atoms with Crippen molar-refractivity contribution in [3.63, 3.8) is 0 Å². The number of nitrogens with one attached hydrogen (secondary N) is 1. The number of rotatable bonds is 4. The Hall–Kier alpha value is -1.33. The van der Waals surface area contributed by atoms with Gasteiger partial charge in [0, 0.05) is 11.6 Å². The molecule has 0 aliphatic heterocycles. The molecule has 106 valence electrons. The summed E-state index contributed by atoms with van der Waals surface area (Å²) in [4.78, 5) is 0. The van der Waals surface area contributed by atoms with E-state index in [1.807, 2.05) is 0 Å². The molecule has 2 aromatic carbocycles. The first kappa shape index (κ1) is 15.1. The predicted molar refractivity (Wildman–Crippen MR) is 79.4 cm³/mol. The van der Waals surface area contributed by atoms with E-state index in [0.717, 1.165) is 12.1 Å². The van der Waals surface area contributed by atoms with Gasteiger partial charge in [0.05, 0.1) is 17.3 Å². The minimum atomic E-state index is -0.872. The molecule has 0 atom stereocenters. The molecule has 0 radical (unpaired) electrons. The van der Waals surface area contributed by atoms with E-state index in [4.69, 9.17) is 16.3 Å². The van der Waals surface area contributed by atoms with Crippen LogP contribution in [0.15, 0.2) is 34.8 Å². The van der Waals surface area contributed by atoms with Crippen molar-refractivity contribution >= 4 is 33.2 Å². The van der Waals surface area contributed by atoms with Crippen molar-refractivity contribution in [2.45, 2.75) is 6.54 Å². The molecule has 6 heteroatoms. The molecule has 0 saturated carbocycles. The Morgan fingerprint density at radius 1 is 1.20 bits per heavy atom. The minimum Gasteiger partial charge on any atom is -0.493 e. The van der Waals surface area contributed by atoms with Gasteiger partial charge < -0.3 is 10.1 Å². The van der Waals surface area contributed by atoms with Gasteiger partial charge in [-0.1, -0.05) is 17.7 Å². The Balaban J connectivity index is 2.20. The summed E-state index contributed by atoms with van der Waals surface area (Å²) in [6.07, 6.45) is 0. The van der Waals surface area contributed by atoms with E-state index in [-0.39, 0.29) is 0 Å². The van der Waals surface area contributed by atoms with Crippen molar-refractivity contribution in [2.75, 3.05) is 12.4 Å². The monoisotopic (exact) mass is 361 g/mol.